The first kappa shape index (κ1) is 36.8. The number of benzene rings is 1. The van der Waals surface area contributed by atoms with Crippen LogP contribution in [0.4, 0.5) is 0 Å². The van der Waals surface area contributed by atoms with Crippen molar-refractivity contribution < 1.29 is 0 Å². The lowest BCUT2D eigenvalue weighted by molar-refractivity contribution is 0.413. The van der Waals surface area contributed by atoms with Crippen LogP contribution in [0.15, 0.2) is 30.3 Å². The summed E-state index contributed by atoms with van der Waals surface area (Å²) in [5.41, 5.74) is 7.63. The van der Waals surface area contributed by atoms with Crippen molar-refractivity contribution in [2.24, 2.45) is 11.7 Å². The predicted octanol–water partition coefficient (Wildman–Crippen LogP) is 7.83. The highest BCUT2D eigenvalue weighted by Crippen LogP contribution is 2.24. The van der Waals surface area contributed by atoms with Gasteiger partial charge < -0.3 is 18.0 Å². The highest BCUT2D eigenvalue weighted by Gasteiger charge is 2.13. The molecule has 1 rings (SSSR count). The molecule has 1 aromatic rings. The Morgan fingerprint density at radius 3 is 1.62 bits per heavy atom. The third-order valence-corrected chi connectivity index (χ3v) is 4.56. The standard InChI is InChI=1S/C20H35N.3ClH.2H3N/c1-3-4-5-6-7-8-9-10-12-15-18(2)20(21)19-16-13-11-14-17-19;;;;;/h11,13-14,16-18,20H,3-10,12,15,21H2,1-2H3;3*1H;2*1H3. The minimum absolute atomic E-state index is 0. The Morgan fingerprint density at radius 1 is 0.731 bits per heavy atom. The molecule has 6 heteroatoms. The van der Waals surface area contributed by atoms with Gasteiger partial charge in [-0.15, -0.1) is 37.2 Å². The quantitative estimate of drug-likeness (QED) is 0.293. The van der Waals surface area contributed by atoms with E-state index in [1.165, 1.54) is 69.8 Å². The van der Waals surface area contributed by atoms with Crippen molar-refractivity contribution in [3.63, 3.8) is 0 Å². The molecule has 1 aromatic carbocycles. The van der Waals surface area contributed by atoms with Crippen LogP contribution in [0, 0.1) is 5.92 Å². The molecule has 0 fully saturated rings. The maximum absolute atomic E-state index is 6.35. The number of unbranched alkanes of at least 4 members (excludes halogenated alkanes) is 8. The molecule has 8 N–H and O–H groups in total. The minimum atomic E-state index is 0. The van der Waals surface area contributed by atoms with Crippen molar-refractivity contribution in [1.29, 1.82) is 0 Å². The van der Waals surface area contributed by atoms with E-state index in [1.807, 2.05) is 0 Å². The van der Waals surface area contributed by atoms with Gasteiger partial charge in [0.05, 0.1) is 0 Å². The Bertz CT molecular complexity index is 353. The molecular weight excluding hydrogens is 389 g/mol. The number of hydrogen-bond acceptors (Lipinski definition) is 3. The van der Waals surface area contributed by atoms with Crippen molar-refractivity contribution in [3.05, 3.63) is 35.9 Å². The van der Waals surface area contributed by atoms with Gasteiger partial charge >= 0.3 is 0 Å². The van der Waals surface area contributed by atoms with E-state index >= 15 is 0 Å². The number of nitrogens with two attached hydrogens (primary N) is 1. The average Bonchev–Trinajstić information content (AvgIpc) is 2.53. The zero-order valence-electron chi connectivity index (χ0n) is 16.8. The summed E-state index contributed by atoms with van der Waals surface area (Å²) >= 11 is 0. The zero-order chi connectivity index (χ0) is 15.3. The zero-order valence-corrected chi connectivity index (χ0v) is 19.3. The van der Waals surface area contributed by atoms with E-state index in [4.69, 9.17) is 5.73 Å². The molecular formula is C20H44Cl3N3. The molecule has 2 unspecified atom stereocenters. The van der Waals surface area contributed by atoms with Crippen LogP contribution in [0.5, 0.6) is 0 Å². The normalized spacial score (nSPS) is 11.3. The Balaban J connectivity index is -0.000000294. The van der Waals surface area contributed by atoms with Crippen LogP contribution in [-0.4, -0.2) is 0 Å². The molecule has 0 radical (unpaired) electrons. The maximum Gasteiger partial charge on any atom is 0.0320 e. The maximum atomic E-state index is 6.35. The molecule has 0 aromatic heterocycles. The van der Waals surface area contributed by atoms with Crippen molar-refractivity contribution in [1.82, 2.24) is 12.3 Å². The minimum Gasteiger partial charge on any atom is -0.344 e. The summed E-state index contributed by atoms with van der Waals surface area (Å²) < 4.78 is 0. The second-order valence-corrected chi connectivity index (χ2v) is 6.53. The van der Waals surface area contributed by atoms with E-state index < -0.39 is 0 Å². The van der Waals surface area contributed by atoms with Gasteiger partial charge in [-0.3, -0.25) is 0 Å². The highest BCUT2D eigenvalue weighted by molar-refractivity contribution is 5.86. The number of rotatable bonds is 12. The van der Waals surface area contributed by atoms with E-state index in [2.05, 4.69) is 44.2 Å². The topological polar surface area (TPSA) is 96.0 Å². The fourth-order valence-corrected chi connectivity index (χ4v) is 2.96. The first-order valence-electron chi connectivity index (χ1n) is 9.06. The molecule has 0 aliphatic rings. The second-order valence-electron chi connectivity index (χ2n) is 6.53. The summed E-state index contributed by atoms with van der Waals surface area (Å²) in [7, 11) is 0. The summed E-state index contributed by atoms with van der Waals surface area (Å²) in [6, 6.07) is 10.7. The molecule has 160 valence electrons. The largest absolute Gasteiger partial charge is 0.344 e. The Hall–Kier alpha value is -0.0300. The lowest BCUT2D eigenvalue weighted by atomic mass is 9.90. The summed E-state index contributed by atoms with van der Waals surface area (Å²) in [6.07, 6.45) is 13.8. The first-order valence-corrected chi connectivity index (χ1v) is 9.06. The number of halogens is 3. The van der Waals surface area contributed by atoms with Gasteiger partial charge in [0.1, 0.15) is 0 Å². The molecule has 0 amide bonds. The Labute approximate surface area is 181 Å². The van der Waals surface area contributed by atoms with Crippen LogP contribution in [0.1, 0.15) is 89.7 Å². The second kappa shape index (κ2) is 25.0. The van der Waals surface area contributed by atoms with E-state index in [9.17, 15) is 0 Å². The first-order chi connectivity index (χ1) is 10.3. The number of hydrogen-bond donors (Lipinski definition) is 3. The summed E-state index contributed by atoms with van der Waals surface area (Å²) in [5, 5.41) is 0. The molecule has 0 aliphatic heterocycles. The van der Waals surface area contributed by atoms with Gasteiger partial charge in [-0.2, -0.15) is 0 Å². The molecule has 2 atom stereocenters. The van der Waals surface area contributed by atoms with Crippen molar-refractivity contribution in [3.8, 4) is 0 Å². The average molecular weight is 433 g/mol. The smallest absolute Gasteiger partial charge is 0.0320 e. The van der Waals surface area contributed by atoms with Crippen LogP contribution >= 0.6 is 37.2 Å². The third kappa shape index (κ3) is 17.4. The van der Waals surface area contributed by atoms with Crippen molar-refractivity contribution >= 4 is 37.2 Å². The molecule has 0 heterocycles. The fraction of sp³-hybridized carbons (Fsp3) is 0.700. The molecule has 0 aliphatic carbocycles. The van der Waals surface area contributed by atoms with Crippen molar-refractivity contribution in [2.45, 2.75) is 84.1 Å². The molecule has 0 spiro atoms. The van der Waals surface area contributed by atoms with Gasteiger partial charge in [-0.05, 0) is 17.9 Å². The molecule has 0 saturated heterocycles. The molecule has 0 bridgehead atoms. The van der Waals surface area contributed by atoms with Gasteiger partial charge in [0.15, 0.2) is 0 Å². The van der Waals surface area contributed by atoms with Gasteiger partial charge in [0, 0.05) is 6.04 Å². The predicted molar refractivity (Wildman–Crippen MR) is 126 cm³/mol. The monoisotopic (exact) mass is 431 g/mol. The third-order valence-electron chi connectivity index (χ3n) is 4.56. The summed E-state index contributed by atoms with van der Waals surface area (Å²) in [5.74, 6) is 0.581. The van der Waals surface area contributed by atoms with Crippen LogP contribution in [-0.2, 0) is 0 Å². The van der Waals surface area contributed by atoms with Gasteiger partial charge in [0.2, 0.25) is 0 Å². The molecule has 26 heavy (non-hydrogen) atoms. The fourth-order valence-electron chi connectivity index (χ4n) is 2.96. The van der Waals surface area contributed by atoms with E-state index in [-0.39, 0.29) is 55.6 Å². The van der Waals surface area contributed by atoms with Gasteiger partial charge in [-0.1, -0.05) is 102 Å². The van der Waals surface area contributed by atoms with Gasteiger partial charge in [0.25, 0.3) is 0 Å². The summed E-state index contributed by atoms with van der Waals surface area (Å²) in [6.45, 7) is 4.57. The lowest BCUT2D eigenvalue weighted by Crippen LogP contribution is -2.18. The van der Waals surface area contributed by atoms with E-state index in [1.54, 1.807) is 0 Å². The van der Waals surface area contributed by atoms with E-state index in [0.29, 0.717) is 5.92 Å². The lowest BCUT2D eigenvalue weighted by Gasteiger charge is -2.20. The van der Waals surface area contributed by atoms with Crippen LogP contribution in [0.3, 0.4) is 0 Å². The molecule has 3 nitrogen and oxygen atoms in total. The Kier molecular flexibility index (Phi) is 35.4. The van der Waals surface area contributed by atoms with Crippen LogP contribution in [0.2, 0.25) is 0 Å². The Morgan fingerprint density at radius 2 is 1.15 bits per heavy atom. The molecule has 0 saturated carbocycles. The SMILES string of the molecule is CCCCCCCCCCCC(C)C(N)c1ccccc1.Cl.Cl.Cl.N.N. The van der Waals surface area contributed by atoms with Crippen molar-refractivity contribution in [2.75, 3.05) is 0 Å². The summed E-state index contributed by atoms with van der Waals surface area (Å²) in [4.78, 5) is 0. The van der Waals surface area contributed by atoms with Crippen LogP contribution in [0.25, 0.3) is 0 Å². The highest BCUT2D eigenvalue weighted by atomic mass is 35.5. The van der Waals surface area contributed by atoms with Gasteiger partial charge in [-0.25, -0.2) is 0 Å². The van der Waals surface area contributed by atoms with Crippen LogP contribution < -0.4 is 18.0 Å². The van der Waals surface area contributed by atoms with E-state index in [0.717, 1.165) is 0 Å².